The predicted molar refractivity (Wildman–Crippen MR) is 102 cm³/mol. The number of Topliss-reactive ketones (excluding diaryl/α,β-unsaturated/α-hetero) is 1. The van der Waals surface area contributed by atoms with Crippen molar-refractivity contribution in [3.8, 4) is 16.9 Å². The Morgan fingerprint density at radius 2 is 1.40 bits per heavy atom. The standard InChI is InChI=1S/C22H28O3/c1-16(2)18-5-7-19(8-6-18)20-9-11-21(12-10-20)25-14-13-24-15-22(23)17(3)4/h5-12,16-17H,13-15H2,1-4H3. The van der Waals surface area contributed by atoms with Gasteiger partial charge in [-0.1, -0.05) is 64.1 Å². The second-order valence-electron chi connectivity index (χ2n) is 6.82. The molecule has 0 aliphatic rings. The highest BCUT2D eigenvalue weighted by Gasteiger charge is 2.06. The zero-order chi connectivity index (χ0) is 18.2. The molecule has 0 aliphatic carbocycles. The largest absolute Gasteiger partial charge is 0.491 e. The topological polar surface area (TPSA) is 35.5 Å². The van der Waals surface area contributed by atoms with Crippen LogP contribution in [-0.4, -0.2) is 25.6 Å². The zero-order valence-corrected chi connectivity index (χ0v) is 15.6. The van der Waals surface area contributed by atoms with Crippen molar-refractivity contribution in [1.82, 2.24) is 0 Å². The third kappa shape index (κ3) is 6.02. The van der Waals surface area contributed by atoms with Crippen LogP contribution in [0.3, 0.4) is 0 Å². The fourth-order valence-electron chi connectivity index (χ4n) is 2.36. The predicted octanol–water partition coefficient (Wildman–Crippen LogP) is 5.10. The molecule has 0 saturated heterocycles. The molecule has 0 bridgehead atoms. The van der Waals surface area contributed by atoms with E-state index in [-0.39, 0.29) is 18.3 Å². The van der Waals surface area contributed by atoms with Gasteiger partial charge in [0.1, 0.15) is 19.0 Å². The van der Waals surface area contributed by atoms with E-state index in [0.29, 0.717) is 19.1 Å². The van der Waals surface area contributed by atoms with Crippen LogP contribution in [-0.2, 0) is 9.53 Å². The van der Waals surface area contributed by atoms with Gasteiger partial charge in [0, 0.05) is 5.92 Å². The number of carbonyl (C=O) groups is 1. The first-order chi connectivity index (χ1) is 12.0. The summed E-state index contributed by atoms with van der Waals surface area (Å²) in [4.78, 5) is 11.4. The molecule has 3 heteroatoms. The van der Waals surface area contributed by atoms with Crippen LogP contribution in [0.4, 0.5) is 0 Å². The van der Waals surface area contributed by atoms with Gasteiger partial charge >= 0.3 is 0 Å². The van der Waals surface area contributed by atoms with E-state index in [4.69, 9.17) is 9.47 Å². The Bertz CT molecular complexity index is 655. The number of hydrogen-bond donors (Lipinski definition) is 0. The Morgan fingerprint density at radius 3 is 1.92 bits per heavy atom. The lowest BCUT2D eigenvalue weighted by atomic mass is 9.99. The van der Waals surface area contributed by atoms with Crippen molar-refractivity contribution in [2.45, 2.75) is 33.6 Å². The summed E-state index contributed by atoms with van der Waals surface area (Å²) in [5, 5.41) is 0. The molecule has 0 fully saturated rings. The SMILES string of the molecule is CC(C)C(=O)COCCOc1ccc(-c2ccc(C(C)C)cc2)cc1. The number of benzene rings is 2. The van der Waals surface area contributed by atoms with Crippen LogP contribution in [0.25, 0.3) is 11.1 Å². The van der Waals surface area contributed by atoms with Gasteiger partial charge in [-0.2, -0.15) is 0 Å². The van der Waals surface area contributed by atoms with E-state index in [1.807, 2.05) is 26.0 Å². The summed E-state index contributed by atoms with van der Waals surface area (Å²) in [6, 6.07) is 16.7. The molecule has 0 heterocycles. The first-order valence-electron chi connectivity index (χ1n) is 8.91. The van der Waals surface area contributed by atoms with Crippen molar-refractivity contribution in [3.05, 3.63) is 54.1 Å². The number of hydrogen-bond acceptors (Lipinski definition) is 3. The molecule has 0 radical (unpaired) electrons. The molecule has 0 aromatic heterocycles. The molecular weight excluding hydrogens is 312 g/mol. The smallest absolute Gasteiger partial charge is 0.160 e. The summed E-state index contributed by atoms with van der Waals surface area (Å²) in [7, 11) is 0. The fraction of sp³-hybridized carbons (Fsp3) is 0.409. The van der Waals surface area contributed by atoms with E-state index in [0.717, 1.165) is 5.75 Å². The van der Waals surface area contributed by atoms with Crippen LogP contribution in [0.1, 0.15) is 39.2 Å². The Hall–Kier alpha value is -2.13. The summed E-state index contributed by atoms with van der Waals surface area (Å²) in [5.74, 6) is 1.49. The Labute approximate surface area is 151 Å². The Balaban J connectivity index is 1.80. The maximum absolute atomic E-state index is 11.4. The van der Waals surface area contributed by atoms with Crippen LogP contribution in [0, 0.1) is 5.92 Å². The van der Waals surface area contributed by atoms with Crippen LogP contribution >= 0.6 is 0 Å². The molecule has 0 aliphatic heterocycles. The summed E-state index contributed by atoms with van der Waals surface area (Å²) < 4.78 is 11.0. The lowest BCUT2D eigenvalue weighted by Crippen LogP contribution is -2.17. The van der Waals surface area contributed by atoms with Gasteiger partial charge in [-0.05, 0) is 34.7 Å². The number of carbonyl (C=O) groups excluding carboxylic acids is 1. The van der Waals surface area contributed by atoms with Crippen molar-refractivity contribution in [2.75, 3.05) is 19.8 Å². The van der Waals surface area contributed by atoms with Crippen LogP contribution in [0.5, 0.6) is 5.75 Å². The molecule has 2 aromatic carbocycles. The van der Waals surface area contributed by atoms with E-state index in [1.54, 1.807) is 0 Å². The molecule has 0 amide bonds. The first kappa shape index (κ1) is 19.2. The molecule has 3 nitrogen and oxygen atoms in total. The second kappa shape index (κ2) is 9.38. The Morgan fingerprint density at radius 1 is 0.840 bits per heavy atom. The highest BCUT2D eigenvalue weighted by Crippen LogP contribution is 2.24. The van der Waals surface area contributed by atoms with Gasteiger partial charge < -0.3 is 9.47 Å². The van der Waals surface area contributed by atoms with Gasteiger partial charge in [0.15, 0.2) is 5.78 Å². The highest BCUT2D eigenvalue weighted by molar-refractivity contribution is 5.81. The molecule has 134 valence electrons. The number of ketones is 1. The minimum absolute atomic E-state index is 0.0167. The van der Waals surface area contributed by atoms with E-state index in [2.05, 4.69) is 50.2 Å². The Kier molecular flexibility index (Phi) is 7.20. The monoisotopic (exact) mass is 340 g/mol. The lowest BCUT2D eigenvalue weighted by molar-refractivity contribution is -0.126. The minimum Gasteiger partial charge on any atom is -0.491 e. The van der Waals surface area contributed by atoms with Crippen molar-refractivity contribution < 1.29 is 14.3 Å². The molecule has 0 unspecified atom stereocenters. The van der Waals surface area contributed by atoms with Crippen LogP contribution in [0.2, 0.25) is 0 Å². The van der Waals surface area contributed by atoms with Gasteiger partial charge in [0.25, 0.3) is 0 Å². The average Bonchev–Trinajstić information content (AvgIpc) is 2.61. The van der Waals surface area contributed by atoms with Gasteiger partial charge in [-0.25, -0.2) is 0 Å². The normalized spacial score (nSPS) is 11.1. The summed E-state index contributed by atoms with van der Waals surface area (Å²) in [5.41, 5.74) is 3.72. The summed E-state index contributed by atoms with van der Waals surface area (Å²) in [6.07, 6.45) is 0. The fourth-order valence-corrected chi connectivity index (χ4v) is 2.36. The van der Waals surface area contributed by atoms with Crippen molar-refractivity contribution in [3.63, 3.8) is 0 Å². The quantitative estimate of drug-likeness (QED) is 0.596. The van der Waals surface area contributed by atoms with Gasteiger partial charge in [0.2, 0.25) is 0 Å². The molecule has 0 atom stereocenters. The molecule has 25 heavy (non-hydrogen) atoms. The zero-order valence-electron chi connectivity index (χ0n) is 15.6. The number of rotatable bonds is 9. The van der Waals surface area contributed by atoms with Gasteiger partial charge in [-0.15, -0.1) is 0 Å². The third-order valence-corrected chi connectivity index (χ3v) is 4.15. The number of ether oxygens (including phenoxy) is 2. The van der Waals surface area contributed by atoms with Crippen LogP contribution in [0.15, 0.2) is 48.5 Å². The molecule has 2 rings (SSSR count). The molecule has 0 spiro atoms. The first-order valence-corrected chi connectivity index (χ1v) is 8.91. The highest BCUT2D eigenvalue weighted by atomic mass is 16.5. The van der Waals surface area contributed by atoms with Crippen molar-refractivity contribution in [2.24, 2.45) is 5.92 Å². The average molecular weight is 340 g/mol. The van der Waals surface area contributed by atoms with Gasteiger partial charge in [-0.3, -0.25) is 4.79 Å². The van der Waals surface area contributed by atoms with Crippen LogP contribution < -0.4 is 4.74 Å². The molecule has 0 saturated carbocycles. The minimum atomic E-state index is 0.0167. The maximum Gasteiger partial charge on any atom is 0.160 e. The summed E-state index contributed by atoms with van der Waals surface area (Å²) >= 11 is 0. The molecule has 2 aromatic rings. The summed E-state index contributed by atoms with van der Waals surface area (Å²) in [6.45, 7) is 9.16. The van der Waals surface area contributed by atoms with Gasteiger partial charge in [0.05, 0.1) is 6.61 Å². The lowest BCUT2D eigenvalue weighted by Gasteiger charge is -2.10. The van der Waals surface area contributed by atoms with Crippen molar-refractivity contribution in [1.29, 1.82) is 0 Å². The van der Waals surface area contributed by atoms with E-state index in [1.165, 1.54) is 16.7 Å². The second-order valence-corrected chi connectivity index (χ2v) is 6.82. The molecule has 0 N–H and O–H groups in total. The maximum atomic E-state index is 11.4. The van der Waals surface area contributed by atoms with E-state index < -0.39 is 0 Å². The van der Waals surface area contributed by atoms with E-state index >= 15 is 0 Å². The van der Waals surface area contributed by atoms with Crippen molar-refractivity contribution >= 4 is 5.78 Å². The van der Waals surface area contributed by atoms with E-state index in [9.17, 15) is 4.79 Å². The third-order valence-electron chi connectivity index (χ3n) is 4.15. The molecular formula is C22H28O3.